The highest BCUT2D eigenvalue weighted by molar-refractivity contribution is 6.03. The Bertz CT molecular complexity index is 350. The molecule has 0 amide bonds. The molecule has 0 atom stereocenters. The van der Waals surface area contributed by atoms with Gasteiger partial charge < -0.3 is 15.3 Å². The van der Waals surface area contributed by atoms with Crippen molar-refractivity contribution in [3.8, 4) is 0 Å². The second-order valence-electron chi connectivity index (χ2n) is 3.54. The van der Waals surface area contributed by atoms with Crippen LogP contribution in [0.25, 0.3) is 0 Å². The normalized spacial score (nSPS) is 13.0. The third-order valence-corrected chi connectivity index (χ3v) is 2.07. The molecular formula is C9H12O6. The fraction of sp³-hybridized carbons (Fsp3) is 0.444. The van der Waals surface area contributed by atoms with Gasteiger partial charge in [-0.15, -0.1) is 0 Å². The van der Waals surface area contributed by atoms with Crippen molar-refractivity contribution < 1.29 is 29.7 Å². The first kappa shape index (κ1) is 13.2. The molecule has 0 aliphatic rings. The molecule has 0 aromatic rings. The van der Waals surface area contributed by atoms with Crippen LogP contribution in [-0.4, -0.2) is 33.2 Å². The second kappa shape index (κ2) is 4.12. The minimum atomic E-state index is -1.74. The van der Waals surface area contributed by atoms with E-state index in [2.05, 4.69) is 0 Å². The Morgan fingerprint density at radius 3 is 1.53 bits per heavy atom. The largest absolute Gasteiger partial charge is 0.481 e. The maximum absolute atomic E-state index is 10.8. The lowest BCUT2D eigenvalue weighted by atomic mass is 9.81. The van der Waals surface area contributed by atoms with Gasteiger partial charge in [-0.25, -0.2) is 9.59 Å². The van der Waals surface area contributed by atoms with Gasteiger partial charge in [-0.2, -0.15) is 0 Å². The van der Waals surface area contributed by atoms with Crippen LogP contribution in [0.5, 0.6) is 0 Å². The maximum Gasteiger partial charge on any atom is 0.333 e. The summed E-state index contributed by atoms with van der Waals surface area (Å²) in [6, 6.07) is 0. The van der Waals surface area contributed by atoms with E-state index in [0.717, 1.165) is 20.8 Å². The SMILES string of the molecule is C/C(C(=O)O)=C(/C(=O)O)C(C)(C)C(=O)O. The average molecular weight is 216 g/mol. The van der Waals surface area contributed by atoms with Crippen molar-refractivity contribution in [2.75, 3.05) is 0 Å². The minimum Gasteiger partial charge on any atom is -0.481 e. The zero-order chi connectivity index (χ0) is 12.4. The summed E-state index contributed by atoms with van der Waals surface area (Å²) in [4.78, 5) is 32.2. The van der Waals surface area contributed by atoms with Crippen LogP contribution in [0.3, 0.4) is 0 Å². The molecule has 6 nitrogen and oxygen atoms in total. The van der Waals surface area contributed by atoms with Gasteiger partial charge in [0.1, 0.15) is 0 Å². The van der Waals surface area contributed by atoms with Crippen molar-refractivity contribution >= 4 is 17.9 Å². The second-order valence-corrected chi connectivity index (χ2v) is 3.54. The van der Waals surface area contributed by atoms with Crippen molar-refractivity contribution in [2.45, 2.75) is 20.8 Å². The lowest BCUT2D eigenvalue weighted by molar-refractivity contribution is -0.148. The summed E-state index contributed by atoms with van der Waals surface area (Å²) in [7, 11) is 0. The van der Waals surface area contributed by atoms with Gasteiger partial charge >= 0.3 is 17.9 Å². The predicted molar refractivity (Wildman–Crippen MR) is 49.4 cm³/mol. The number of rotatable bonds is 4. The van der Waals surface area contributed by atoms with Crippen molar-refractivity contribution in [1.29, 1.82) is 0 Å². The zero-order valence-corrected chi connectivity index (χ0v) is 8.57. The smallest absolute Gasteiger partial charge is 0.333 e. The lowest BCUT2D eigenvalue weighted by Gasteiger charge is -2.21. The molecule has 84 valence electrons. The highest BCUT2D eigenvalue weighted by Crippen LogP contribution is 2.29. The molecule has 0 aliphatic carbocycles. The molecule has 0 saturated heterocycles. The molecule has 0 heterocycles. The molecule has 0 bridgehead atoms. The van der Waals surface area contributed by atoms with Gasteiger partial charge in [-0.3, -0.25) is 4.79 Å². The van der Waals surface area contributed by atoms with Crippen molar-refractivity contribution in [2.24, 2.45) is 5.41 Å². The van der Waals surface area contributed by atoms with E-state index < -0.39 is 34.5 Å². The molecule has 0 unspecified atom stereocenters. The lowest BCUT2D eigenvalue weighted by Crippen LogP contribution is -2.32. The van der Waals surface area contributed by atoms with Crippen LogP contribution in [0.15, 0.2) is 11.1 Å². The van der Waals surface area contributed by atoms with E-state index in [1.165, 1.54) is 0 Å². The van der Waals surface area contributed by atoms with Gasteiger partial charge in [0.05, 0.1) is 11.0 Å². The Morgan fingerprint density at radius 2 is 1.33 bits per heavy atom. The van der Waals surface area contributed by atoms with Gasteiger partial charge in [-0.1, -0.05) is 0 Å². The molecule has 0 fully saturated rings. The number of carbonyl (C=O) groups is 3. The van der Waals surface area contributed by atoms with Crippen LogP contribution in [0.1, 0.15) is 20.8 Å². The third-order valence-electron chi connectivity index (χ3n) is 2.07. The van der Waals surface area contributed by atoms with Gasteiger partial charge in [0.25, 0.3) is 0 Å². The van der Waals surface area contributed by atoms with Gasteiger partial charge in [0.15, 0.2) is 0 Å². The van der Waals surface area contributed by atoms with Crippen molar-refractivity contribution in [3.05, 3.63) is 11.1 Å². The van der Waals surface area contributed by atoms with Gasteiger partial charge in [0, 0.05) is 5.57 Å². The highest BCUT2D eigenvalue weighted by Gasteiger charge is 2.38. The third kappa shape index (κ3) is 2.55. The molecule has 6 heteroatoms. The van der Waals surface area contributed by atoms with Crippen LogP contribution >= 0.6 is 0 Å². The fourth-order valence-corrected chi connectivity index (χ4v) is 1.11. The Balaban J connectivity index is 5.75. The Morgan fingerprint density at radius 1 is 0.933 bits per heavy atom. The molecule has 0 spiro atoms. The number of hydrogen-bond donors (Lipinski definition) is 3. The van der Waals surface area contributed by atoms with E-state index in [4.69, 9.17) is 15.3 Å². The number of carboxylic acids is 3. The van der Waals surface area contributed by atoms with E-state index >= 15 is 0 Å². The molecule has 0 aromatic carbocycles. The Hall–Kier alpha value is -1.85. The van der Waals surface area contributed by atoms with Crippen LogP contribution in [-0.2, 0) is 14.4 Å². The molecule has 0 radical (unpaired) electrons. The summed E-state index contributed by atoms with van der Waals surface area (Å²) < 4.78 is 0. The molecule has 0 saturated carbocycles. The van der Waals surface area contributed by atoms with E-state index in [1.54, 1.807) is 0 Å². The first-order valence-corrected chi connectivity index (χ1v) is 4.03. The standard InChI is InChI=1S/C9H12O6/c1-4(6(10)11)5(7(12)13)9(2,3)8(14)15/h1-3H3,(H,10,11)(H,12,13)(H,14,15)/b5-4+. The number of carboxylic acid groups (broad SMARTS) is 3. The van der Waals surface area contributed by atoms with Crippen LogP contribution in [0, 0.1) is 5.41 Å². The number of aliphatic carboxylic acids is 3. The summed E-state index contributed by atoms with van der Waals surface area (Å²) in [5.41, 5.74) is -2.84. The quantitative estimate of drug-likeness (QED) is 0.592. The molecular weight excluding hydrogens is 204 g/mol. The Labute approximate surface area is 85.8 Å². The summed E-state index contributed by atoms with van der Waals surface area (Å²) in [5, 5.41) is 26.2. The maximum atomic E-state index is 10.8. The minimum absolute atomic E-state index is 0.477. The highest BCUT2D eigenvalue weighted by atomic mass is 16.4. The first-order chi connectivity index (χ1) is 6.62. The molecule has 3 N–H and O–H groups in total. The van der Waals surface area contributed by atoms with Crippen molar-refractivity contribution in [3.63, 3.8) is 0 Å². The summed E-state index contributed by atoms with van der Waals surface area (Å²) in [6.07, 6.45) is 0. The Kier molecular flexibility index (Phi) is 3.61. The monoisotopic (exact) mass is 216 g/mol. The van der Waals surface area contributed by atoms with Crippen LogP contribution in [0.4, 0.5) is 0 Å². The zero-order valence-electron chi connectivity index (χ0n) is 8.57. The van der Waals surface area contributed by atoms with Crippen molar-refractivity contribution in [1.82, 2.24) is 0 Å². The number of hydrogen-bond acceptors (Lipinski definition) is 3. The van der Waals surface area contributed by atoms with Gasteiger partial charge in [0.2, 0.25) is 0 Å². The van der Waals surface area contributed by atoms with E-state index in [0.29, 0.717) is 0 Å². The summed E-state index contributed by atoms with van der Waals surface area (Å²) in [5.74, 6) is -4.37. The molecule has 15 heavy (non-hydrogen) atoms. The molecule has 0 aromatic heterocycles. The van der Waals surface area contributed by atoms with E-state index in [-0.39, 0.29) is 0 Å². The predicted octanol–water partition coefficient (Wildman–Crippen LogP) is 0.583. The van der Waals surface area contributed by atoms with E-state index in [9.17, 15) is 14.4 Å². The molecule has 0 aliphatic heterocycles. The fourth-order valence-electron chi connectivity index (χ4n) is 1.11. The average Bonchev–Trinajstić information content (AvgIpc) is 2.02. The first-order valence-electron chi connectivity index (χ1n) is 4.03. The summed E-state index contributed by atoms with van der Waals surface area (Å²) in [6.45, 7) is 3.35. The molecule has 0 rings (SSSR count). The van der Waals surface area contributed by atoms with Crippen LogP contribution in [0.2, 0.25) is 0 Å². The van der Waals surface area contributed by atoms with E-state index in [1.807, 2.05) is 0 Å². The topological polar surface area (TPSA) is 112 Å². The van der Waals surface area contributed by atoms with Gasteiger partial charge in [-0.05, 0) is 20.8 Å². The summed E-state index contributed by atoms with van der Waals surface area (Å²) >= 11 is 0. The van der Waals surface area contributed by atoms with Crippen LogP contribution < -0.4 is 0 Å².